The van der Waals surface area contributed by atoms with E-state index in [2.05, 4.69) is 18.8 Å². The van der Waals surface area contributed by atoms with Crippen LogP contribution < -0.4 is 5.73 Å². The fourth-order valence-electron chi connectivity index (χ4n) is 7.26. The number of aliphatic carboxylic acids is 1. The molecule has 12 heteroatoms. The van der Waals surface area contributed by atoms with Gasteiger partial charge in [0.2, 0.25) is 0 Å². The quantitative estimate of drug-likeness (QED) is 0.204. The second-order valence-electron chi connectivity index (χ2n) is 14.0. The predicted molar refractivity (Wildman–Crippen MR) is 169 cm³/mol. The molecule has 0 aliphatic heterocycles. The van der Waals surface area contributed by atoms with Gasteiger partial charge in [0.05, 0.1) is 23.1 Å². The number of fused-ring (bicyclic) bond motifs is 3. The van der Waals surface area contributed by atoms with Gasteiger partial charge in [0.25, 0.3) is 5.91 Å². The molecule has 4 saturated carbocycles. The molecular weight excluding hydrogens is 630 g/mol. The van der Waals surface area contributed by atoms with E-state index in [1.54, 1.807) is 26.0 Å². The lowest BCUT2D eigenvalue weighted by Gasteiger charge is -2.49. The van der Waals surface area contributed by atoms with E-state index >= 15 is 0 Å². The van der Waals surface area contributed by atoms with Crippen molar-refractivity contribution >= 4 is 46.6 Å². The molecule has 0 aromatic carbocycles. The van der Waals surface area contributed by atoms with Gasteiger partial charge < -0.3 is 15.7 Å². The maximum atomic E-state index is 14.8. The van der Waals surface area contributed by atoms with E-state index in [1.807, 2.05) is 0 Å². The highest BCUT2D eigenvalue weighted by atomic mass is 35.5. The topological polar surface area (TPSA) is 113 Å². The lowest BCUT2D eigenvalue weighted by atomic mass is 9.57. The number of Topliss-reactive ketones (excluding diaryl/α,β-unsaturated/α-hetero) is 1. The van der Waals surface area contributed by atoms with Crippen LogP contribution in [-0.4, -0.2) is 57.7 Å². The van der Waals surface area contributed by atoms with Gasteiger partial charge in [-0.15, -0.1) is 0 Å². The molecule has 0 aromatic rings. The number of carbonyl (C=O) groups excluding carboxylic acids is 2. The van der Waals surface area contributed by atoms with Crippen molar-refractivity contribution in [1.82, 2.24) is 4.90 Å². The second-order valence-corrected chi connectivity index (χ2v) is 14.8. The van der Waals surface area contributed by atoms with Crippen molar-refractivity contribution in [1.29, 1.82) is 0 Å². The van der Waals surface area contributed by atoms with Crippen LogP contribution in [0.15, 0.2) is 50.1 Å². The third kappa shape index (κ3) is 7.37. The predicted octanol–water partition coefficient (Wildman–Crippen LogP) is 7.59. The van der Waals surface area contributed by atoms with E-state index in [0.717, 1.165) is 5.57 Å². The van der Waals surface area contributed by atoms with Crippen molar-refractivity contribution in [3.05, 3.63) is 45.1 Å². The molecule has 5 rings (SSSR count). The van der Waals surface area contributed by atoms with Gasteiger partial charge in [-0.3, -0.25) is 19.4 Å². The van der Waals surface area contributed by atoms with Gasteiger partial charge in [0.15, 0.2) is 11.5 Å². The zero-order chi connectivity index (χ0) is 33.5. The molecule has 0 spiro atoms. The summed E-state index contributed by atoms with van der Waals surface area (Å²) in [7, 11) is 0. The number of amides is 1. The van der Waals surface area contributed by atoms with Crippen LogP contribution in [0, 0.1) is 16.7 Å². The summed E-state index contributed by atoms with van der Waals surface area (Å²) >= 11 is 13.0. The highest BCUT2D eigenvalue weighted by Crippen LogP contribution is 2.54. The van der Waals surface area contributed by atoms with Crippen LogP contribution >= 0.6 is 23.2 Å². The number of allylic oxidation sites excluding steroid dienone is 5. The number of carboxylic acids is 1. The first-order valence-corrected chi connectivity index (χ1v) is 16.2. The summed E-state index contributed by atoms with van der Waals surface area (Å²) < 4.78 is 44.3. The molecule has 0 saturated heterocycles. The average Bonchev–Trinajstić information content (AvgIpc) is 3.05. The Labute approximate surface area is 272 Å². The number of carbonyl (C=O) groups is 3. The minimum absolute atomic E-state index is 0.0189. The van der Waals surface area contributed by atoms with Crippen molar-refractivity contribution in [3.63, 3.8) is 0 Å². The summed E-state index contributed by atoms with van der Waals surface area (Å²) in [6.45, 7) is 7.16. The van der Waals surface area contributed by atoms with Gasteiger partial charge in [0, 0.05) is 33.8 Å². The highest BCUT2D eigenvalue weighted by Gasteiger charge is 2.54. The zero-order valence-electron chi connectivity index (χ0n) is 26.2. The first kappa shape index (κ1) is 35.3. The number of hydrogen-bond acceptors (Lipinski definition) is 5. The molecule has 1 amide bonds. The molecule has 2 bridgehead atoms. The number of carboxylic acid groups (broad SMARTS) is 1. The highest BCUT2D eigenvalue weighted by molar-refractivity contribution is 6.35. The lowest BCUT2D eigenvalue weighted by Crippen LogP contribution is -2.51. The molecule has 45 heavy (non-hydrogen) atoms. The minimum Gasteiger partial charge on any atom is -0.481 e. The van der Waals surface area contributed by atoms with Gasteiger partial charge in [-0.25, -0.2) is 0 Å². The van der Waals surface area contributed by atoms with E-state index in [0.29, 0.717) is 36.9 Å². The summed E-state index contributed by atoms with van der Waals surface area (Å²) in [6.07, 6.45) is 2.43. The van der Waals surface area contributed by atoms with E-state index in [4.69, 9.17) is 28.9 Å². The van der Waals surface area contributed by atoms with Crippen molar-refractivity contribution in [3.8, 4) is 0 Å². The van der Waals surface area contributed by atoms with E-state index in [-0.39, 0.29) is 54.5 Å². The third-order valence-electron chi connectivity index (χ3n) is 10.4. The monoisotopic (exact) mass is 671 g/mol. The van der Waals surface area contributed by atoms with Crippen LogP contribution in [0.4, 0.5) is 13.2 Å². The first-order valence-electron chi connectivity index (χ1n) is 15.5. The van der Waals surface area contributed by atoms with Crippen LogP contribution in [-0.2, 0) is 14.4 Å². The standard InChI is InChI=1S/C33H42Cl2F3N3O4/c1-19-15-23(34)20(2)26(24(35)16-19)25(42)18-41(21-5-7-30(3,4)8-6-21)28(43)22(17-39)27(33(36,37)38)40-32-12-9-31(10-13-32,11-14-32)29(44)45/h15-17,20-21H,5-14,18,39H2,1-4H3,(H,44,45)/t20-,31?,32?/m0/s1. The molecule has 7 nitrogen and oxygen atoms in total. The number of rotatable bonds is 8. The van der Waals surface area contributed by atoms with Crippen LogP contribution in [0.3, 0.4) is 0 Å². The molecule has 248 valence electrons. The van der Waals surface area contributed by atoms with Crippen LogP contribution in [0.5, 0.6) is 0 Å². The Kier molecular flexibility index (Phi) is 10.1. The van der Waals surface area contributed by atoms with Gasteiger partial charge in [0.1, 0.15) is 0 Å². The summed E-state index contributed by atoms with van der Waals surface area (Å²) in [5.74, 6) is -3.08. The van der Waals surface area contributed by atoms with Crippen LogP contribution in [0.25, 0.3) is 0 Å². The molecule has 0 heterocycles. The maximum absolute atomic E-state index is 14.8. The number of hydrogen-bond donors (Lipinski definition) is 2. The van der Waals surface area contributed by atoms with Crippen molar-refractivity contribution in [2.24, 2.45) is 27.5 Å². The van der Waals surface area contributed by atoms with E-state index in [1.165, 1.54) is 4.90 Å². The fraction of sp³-hybridized carbons (Fsp3) is 0.636. The van der Waals surface area contributed by atoms with Gasteiger partial charge in [-0.05, 0) is 94.3 Å². The first-order chi connectivity index (χ1) is 20.8. The van der Waals surface area contributed by atoms with Gasteiger partial charge in [-0.1, -0.05) is 44.0 Å². The van der Waals surface area contributed by atoms with Crippen LogP contribution in [0.1, 0.15) is 91.9 Å². The molecular formula is C33H42Cl2F3N3O4. The van der Waals surface area contributed by atoms with E-state index in [9.17, 15) is 32.7 Å². The number of nitrogens with zero attached hydrogens (tertiary/aromatic N) is 2. The third-order valence-corrected chi connectivity index (χ3v) is 11.1. The Balaban J connectivity index is 1.72. The average molecular weight is 673 g/mol. The van der Waals surface area contributed by atoms with Gasteiger partial charge in [-0.2, -0.15) is 13.2 Å². The Morgan fingerprint density at radius 1 is 1.04 bits per heavy atom. The molecule has 0 radical (unpaired) electrons. The number of aliphatic imine (C=N–C) groups is 1. The summed E-state index contributed by atoms with van der Waals surface area (Å²) in [6, 6.07) is -0.513. The van der Waals surface area contributed by atoms with Crippen molar-refractivity contribution in [2.45, 2.75) is 110 Å². The summed E-state index contributed by atoms with van der Waals surface area (Å²) in [4.78, 5) is 45.4. The van der Waals surface area contributed by atoms with E-state index < -0.39 is 64.6 Å². The Morgan fingerprint density at radius 2 is 1.60 bits per heavy atom. The Hall–Kier alpha value is -2.59. The van der Waals surface area contributed by atoms with Crippen molar-refractivity contribution in [2.75, 3.05) is 6.54 Å². The molecule has 5 aliphatic rings. The number of alkyl halides is 3. The molecule has 0 unspecified atom stereocenters. The SMILES string of the molecule is CC1=CC(Cl)=C(C(=O)CN(C(=O)C(=CN)C(=NC23CCC(C(=O)O)(CC2)CC3)C(F)(F)F)C2CCC(C)(C)CC2)[C@@H](C)C(Cl)=C1. The normalized spacial score (nSPS) is 29.6. The number of halogens is 5. The second kappa shape index (κ2) is 12.9. The van der Waals surface area contributed by atoms with Crippen molar-refractivity contribution < 1.29 is 32.7 Å². The maximum Gasteiger partial charge on any atom is 0.433 e. The Morgan fingerprint density at radius 3 is 2.09 bits per heavy atom. The lowest BCUT2D eigenvalue weighted by molar-refractivity contribution is -0.156. The largest absolute Gasteiger partial charge is 0.481 e. The zero-order valence-corrected chi connectivity index (χ0v) is 27.7. The minimum atomic E-state index is -5.03. The summed E-state index contributed by atoms with van der Waals surface area (Å²) in [5.41, 5.74) is 2.38. The molecule has 0 aromatic heterocycles. The molecule has 4 fully saturated rings. The van der Waals surface area contributed by atoms with Crippen LogP contribution in [0.2, 0.25) is 0 Å². The molecule has 3 N–H and O–H groups in total. The molecule has 1 atom stereocenters. The van der Waals surface area contributed by atoms with Gasteiger partial charge >= 0.3 is 12.1 Å². The molecule has 5 aliphatic carbocycles. The number of ketones is 1. The smallest absolute Gasteiger partial charge is 0.433 e. The fourth-order valence-corrected chi connectivity index (χ4v) is 7.98. The number of nitrogens with two attached hydrogens (primary N) is 1. The Bertz CT molecular complexity index is 1380. The summed E-state index contributed by atoms with van der Waals surface area (Å²) in [5, 5.41) is 10.3.